The lowest BCUT2D eigenvalue weighted by molar-refractivity contribution is -0.145. The highest BCUT2D eigenvalue weighted by Crippen LogP contribution is 2.42. The standard InChI is InChI=1S/C26H30O3S/c1-18(26(28)29-15-7-10-19-8-3-2-4-9-19)20-13-14-23-24(16-20)30-17-21-11-5-6-12-22(21)25(23)27/h2-4,8-9,13-14,16,18,21-22H,5-7,10-12,15,17H2,1H3/t18?,21-,22+/m1/s1. The molecule has 1 fully saturated rings. The fourth-order valence-corrected chi connectivity index (χ4v) is 5.97. The van der Waals surface area contributed by atoms with Crippen molar-refractivity contribution in [2.45, 2.75) is 56.3 Å². The summed E-state index contributed by atoms with van der Waals surface area (Å²) in [5, 5.41) is 0. The minimum Gasteiger partial charge on any atom is -0.465 e. The molecule has 0 N–H and O–H groups in total. The fourth-order valence-electron chi connectivity index (χ4n) is 4.63. The minimum atomic E-state index is -0.326. The monoisotopic (exact) mass is 422 g/mol. The zero-order valence-corrected chi connectivity index (χ0v) is 18.5. The maximum Gasteiger partial charge on any atom is 0.313 e. The SMILES string of the molecule is CC(C(=O)OCCCc1ccccc1)c1ccc2c(c1)SC[C@H]1CCCC[C@@H]1C2=O. The molecule has 2 aromatic rings. The molecular weight excluding hydrogens is 392 g/mol. The van der Waals surface area contributed by atoms with Crippen LogP contribution in [-0.2, 0) is 16.0 Å². The van der Waals surface area contributed by atoms with Crippen molar-refractivity contribution in [3.63, 3.8) is 0 Å². The van der Waals surface area contributed by atoms with Crippen LogP contribution in [0.2, 0.25) is 0 Å². The third kappa shape index (κ3) is 4.80. The molecule has 1 unspecified atom stereocenters. The van der Waals surface area contributed by atoms with Gasteiger partial charge in [0.05, 0.1) is 12.5 Å². The van der Waals surface area contributed by atoms with E-state index >= 15 is 0 Å². The van der Waals surface area contributed by atoms with E-state index in [1.165, 1.54) is 12.0 Å². The zero-order chi connectivity index (χ0) is 20.9. The van der Waals surface area contributed by atoms with E-state index in [4.69, 9.17) is 4.74 Å². The fraction of sp³-hybridized carbons (Fsp3) is 0.462. The van der Waals surface area contributed by atoms with Gasteiger partial charge in [-0.3, -0.25) is 9.59 Å². The summed E-state index contributed by atoms with van der Waals surface area (Å²) in [7, 11) is 0. The molecule has 4 rings (SSSR count). The molecule has 1 saturated carbocycles. The number of esters is 1. The number of thioether (sulfide) groups is 1. The molecule has 30 heavy (non-hydrogen) atoms. The Labute approximate surface area is 183 Å². The van der Waals surface area contributed by atoms with E-state index < -0.39 is 0 Å². The first-order chi connectivity index (χ1) is 14.6. The molecule has 0 aromatic heterocycles. The number of hydrogen-bond donors (Lipinski definition) is 0. The van der Waals surface area contributed by atoms with Gasteiger partial charge in [-0.15, -0.1) is 11.8 Å². The number of Topliss-reactive ketones (excluding diaryl/α,β-unsaturated/α-hetero) is 1. The highest BCUT2D eigenvalue weighted by molar-refractivity contribution is 7.99. The molecule has 158 valence electrons. The predicted octanol–water partition coefficient (Wildman–Crippen LogP) is 6.06. The van der Waals surface area contributed by atoms with E-state index in [-0.39, 0.29) is 17.8 Å². The van der Waals surface area contributed by atoms with Gasteiger partial charge in [-0.2, -0.15) is 0 Å². The van der Waals surface area contributed by atoms with Crippen molar-refractivity contribution in [1.82, 2.24) is 0 Å². The van der Waals surface area contributed by atoms with Gasteiger partial charge in [-0.1, -0.05) is 49.2 Å². The van der Waals surface area contributed by atoms with E-state index in [0.29, 0.717) is 18.3 Å². The molecule has 1 aliphatic heterocycles. The summed E-state index contributed by atoms with van der Waals surface area (Å²) in [5.41, 5.74) is 3.04. The van der Waals surface area contributed by atoms with Crippen LogP contribution >= 0.6 is 11.8 Å². The topological polar surface area (TPSA) is 43.4 Å². The summed E-state index contributed by atoms with van der Waals surface area (Å²) >= 11 is 1.79. The van der Waals surface area contributed by atoms with Crippen molar-refractivity contribution in [2.75, 3.05) is 12.4 Å². The van der Waals surface area contributed by atoms with Crippen LogP contribution in [0.15, 0.2) is 53.4 Å². The Kier molecular flexibility index (Phi) is 6.93. The lowest BCUT2D eigenvalue weighted by atomic mass is 9.76. The van der Waals surface area contributed by atoms with E-state index in [1.54, 1.807) is 11.8 Å². The molecule has 0 saturated heterocycles. The molecule has 1 aliphatic carbocycles. The van der Waals surface area contributed by atoms with Gasteiger partial charge in [0.1, 0.15) is 0 Å². The molecule has 2 aliphatic rings. The van der Waals surface area contributed by atoms with Crippen molar-refractivity contribution in [3.8, 4) is 0 Å². The van der Waals surface area contributed by atoms with E-state index in [1.807, 2.05) is 43.3 Å². The van der Waals surface area contributed by atoms with Crippen molar-refractivity contribution in [1.29, 1.82) is 0 Å². The Balaban J connectivity index is 1.36. The average Bonchev–Trinajstić information content (AvgIpc) is 2.93. The van der Waals surface area contributed by atoms with Crippen LogP contribution in [0, 0.1) is 11.8 Å². The third-order valence-corrected chi connectivity index (χ3v) is 7.76. The summed E-state index contributed by atoms with van der Waals surface area (Å²) in [4.78, 5) is 26.7. The molecule has 3 nitrogen and oxygen atoms in total. The average molecular weight is 423 g/mol. The van der Waals surface area contributed by atoms with E-state index in [2.05, 4.69) is 12.1 Å². The molecule has 0 radical (unpaired) electrons. The number of carbonyl (C=O) groups excluding carboxylic acids is 2. The van der Waals surface area contributed by atoms with Gasteiger partial charge in [-0.25, -0.2) is 0 Å². The van der Waals surface area contributed by atoms with Crippen molar-refractivity contribution in [2.24, 2.45) is 11.8 Å². The second-order valence-corrected chi connectivity index (χ2v) is 9.62. The highest BCUT2D eigenvalue weighted by atomic mass is 32.2. The lowest BCUT2D eigenvalue weighted by Gasteiger charge is -2.28. The number of benzene rings is 2. The van der Waals surface area contributed by atoms with Crippen LogP contribution in [0.25, 0.3) is 0 Å². The van der Waals surface area contributed by atoms with Crippen LogP contribution in [-0.4, -0.2) is 24.1 Å². The summed E-state index contributed by atoms with van der Waals surface area (Å²) in [6.07, 6.45) is 6.32. The van der Waals surface area contributed by atoms with Crippen LogP contribution < -0.4 is 0 Å². The van der Waals surface area contributed by atoms with Crippen molar-refractivity contribution >= 4 is 23.5 Å². The van der Waals surface area contributed by atoms with Gasteiger partial charge < -0.3 is 4.74 Å². The number of ketones is 1. The number of carbonyl (C=O) groups is 2. The Morgan fingerprint density at radius 1 is 1.13 bits per heavy atom. The molecule has 2 aromatic carbocycles. The zero-order valence-electron chi connectivity index (χ0n) is 17.6. The van der Waals surface area contributed by atoms with Crippen LogP contribution in [0.5, 0.6) is 0 Å². The largest absolute Gasteiger partial charge is 0.465 e. The minimum absolute atomic E-state index is 0.186. The molecule has 1 heterocycles. The number of rotatable bonds is 6. The first-order valence-electron chi connectivity index (χ1n) is 11.1. The number of fused-ring (bicyclic) bond motifs is 2. The second-order valence-electron chi connectivity index (χ2n) is 8.56. The van der Waals surface area contributed by atoms with Crippen molar-refractivity contribution < 1.29 is 14.3 Å². The summed E-state index contributed by atoms with van der Waals surface area (Å²) in [6.45, 7) is 2.32. The van der Waals surface area contributed by atoms with Gasteiger partial charge in [0.2, 0.25) is 0 Å². The van der Waals surface area contributed by atoms with Gasteiger partial charge in [0.15, 0.2) is 5.78 Å². The number of aryl methyl sites for hydroxylation is 1. The summed E-state index contributed by atoms with van der Waals surface area (Å²) < 4.78 is 5.53. The Morgan fingerprint density at radius 2 is 1.93 bits per heavy atom. The first kappa shape index (κ1) is 21.2. The van der Waals surface area contributed by atoms with Crippen LogP contribution in [0.4, 0.5) is 0 Å². The molecular formula is C26H30O3S. The van der Waals surface area contributed by atoms with Crippen LogP contribution in [0.1, 0.15) is 66.4 Å². The third-order valence-electron chi connectivity index (χ3n) is 6.52. The smallest absolute Gasteiger partial charge is 0.313 e. The molecule has 0 bridgehead atoms. The molecule has 0 amide bonds. The van der Waals surface area contributed by atoms with Gasteiger partial charge in [0.25, 0.3) is 0 Å². The first-order valence-corrected chi connectivity index (χ1v) is 12.1. The lowest BCUT2D eigenvalue weighted by Crippen LogP contribution is -2.27. The predicted molar refractivity (Wildman–Crippen MR) is 121 cm³/mol. The van der Waals surface area contributed by atoms with Crippen molar-refractivity contribution in [3.05, 3.63) is 65.2 Å². The molecule has 4 heteroatoms. The second kappa shape index (κ2) is 9.82. The van der Waals surface area contributed by atoms with Crippen LogP contribution in [0.3, 0.4) is 0 Å². The Bertz CT molecular complexity index is 892. The summed E-state index contributed by atoms with van der Waals surface area (Å²) in [6, 6.07) is 16.2. The van der Waals surface area contributed by atoms with Gasteiger partial charge in [-0.05, 0) is 61.8 Å². The highest BCUT2D eigenvalue weighted by Gasteiger charge is 2.35. The quantitative estimate of drug-likeness (QED) is 0.419. The molecule has 0 spiro atoms. The number of ether oxygens (including phenoxy) is 1. The number of hydrogen-bond acceptors (Lipinski definition) is 4. The maximum atomic E-state index is 13.1. The molecule has 3 atom stereocenters. The normalized spacial score (nSPS) is 21.8. The van der Waals surface area contributed by atoms with Gasteiger partial charge in [0, 0.05) is 22.1 Å². The Morgan fingerprint density at radius 3 is 2.77 bits per heavy atom. The van der Waals surface area contributed by atoms with Gasteiger partial charge >= 0.3 is 5.97 Å². The van der Waals surface area contributed by atoms with E-state index in [9.17, 15) is 9.59 Å². The van der Waals surface area contributed by atoms with E-state index in [0.717, 1.165) is 53.9 Å². The maximum absolute atomic E-state index is 13.1. The summed E-state index contributed by atoms with van der Waals surface area (Å²) in [5.74, 6) is 1.48. The Hall–Kier alpha value is -2.07.